The largest absolute Gasteiger partial charge is 0.508 e. The zero-order valence-corrected chi connectivity index (χ0v) is 18.7. The Labute approximate surface area is 195 Å². The van der Waals surface area contributed by atoms with E-state index in [9.17, 15) is 9.90 Å². The number of hydrogen-bond acceptors (Lipinski definition) is 6. The molecule has 1 N–H and O–H groups in total. The van der Waals surface area contributed by atoms with Gasteiger partial charge in [-0.25, -0.2) is 5.01 Å². The second kappa shape index (κ2) is 8.96. The van der Waals surface area contributed by atoms with Crippen molar-refractivity contribution in [1.29, 1.82) is 0 Å². The zero-order chi connectivity index (χ0) is 22.8. The van der Waals surface area contributed by atoms with Crippen LogP contribution in [0.25, 0.3) is 6.08 Å². The summed E-state index contributed by atoms with van der Waals surface area (Å²) in [6.07, 6.45) is 2.48. The summed E-state index contributed by atoms with van der Waals surface area (Å²) in [6, 6.07) is 24.6. The number of carbonyl (C=O) groups excluding carboxylic acids is 1. The molecule has 0 bridgehead atoms. The minimum Gasteiger partial charge on any atom is -0.508 e. The number of aromatic hydroxyl groups is 1. The third-order valence-electron chi connectivity index (χ3n) is 5.51. The van der Waals surface area contributed by atoms with E-state index in [0.717, 1.165) is 28.2 Å². The van der Waals surface area contributed by atoms with Gasteiger partial charge in [0.05, 0.1) is 23.8 Å². The maximum Gasteiger partial charge on any atom is 0.286 e. The van der Waals surface area contributed by atoms with E-state index in [1.54, 1.807) is 37.5 Å². The monoisotopic (exact) mass is 455 g/mol. The number of amidine groups is 1. The minimum absolute atomic E-state index is 0.0850. The maximum absolute atomic E-state index is 12.7. The van der Waals surface area contributed by atoms with Gasteiger partial charge in [0.2, 0.25) is 0 Å². The van der Waals surface area contributed by atoms with Gasteiger partial charge in [-0.1, -0.05) is 54.6 Å². The molecule has 1 unspecified atom stereocenters. The van der Waals surface area contributed by atoms with Gasteiger partial charge < -0.3 is 9.84 Å². The Morgan fingerprint density at radius 1 is 1.03 bits per heavy atom. The van der Waals surface area contributed by atoms with E-state index in [2.05, 4.69) is 4.99 Å². The van der Waals surface area contributed by atoms with Crippen LogP contribution in [0.3, 0.4) is 0 Å². The fourth-order valence-electron chi connectivity index (χ4n) is 3.80. The summed E-state index contributed by atoms with van der Waals surface area (Å²) in [5.74, 6) is 0.677. The first-order valence-corrected chi connectivity index (χ1v) is 11.3. The number of thioether (sulfide) groups is 1. The molecule has 3 aromatic carbocycles. The average molecular weight is 456 g/mol. The summed E-state index contributed by atoms with van der Waals surface area (Å²) in [5, 5.41) is 16.8. The number of rotatable bonds is 4. The third-order valence-corrected chi connectivity index (χ3v) is 6.49. The van der Waals surface area contributed by atoms with Crippen LogP contribution in [-0.4, -0.2) is 34.0 Å². The van der Waals surface area contributed by atoms with Crippen LogP contribution in [0.5, 0.6) is 11.5 Å². The first-order chi connectivity index (χ1) is 16.1. The van der Waals surface area contributed by atoms with Crippen molar-refractivity contribution in [1.82, 2.24) is 5.01 Å². The van der Waals surface area contributed by atoms with Gasteiger partial charge in [0.1, 0.15) is 11.5 Å². The molecule has 33 heavy (non-hydrogen) atoms. The molecule has 5 rings (SSSR count). The second-order valence-corrected chi connectivity index (χ2v) is 8.66. The number of hydrazone groups is 1. The van der Waals surface area contributed by atoms with Gasteiger partial charge in [-0.3, -0.25) is 4.79 Å². The Hall–Kier alpha value is -3.84. The van der Waals surface area contributed by atoms with E-state index >= 15 is 0 Å². The van der Waals surface area contributed by atoms with Crippen molar-refractivity contribution in [3.8, 4) is 11.5 Å². The summed E-state index contributed by atoms with van der Waals surface area (Å²) in [5.41, 5.74) is 3.88. The molecular weight excluding hydrogens is 434 g/mol. The molecule has 0 aromatic heterocycles. The standard InChI is InChI=1S/C26H21N3O3S/c1-32-21-13-9-19(10-14-21)23-16-22(18-5-3-2-4-6-18)28-29(23)26-27-25(31)24(33-26)15-17-7-11-20(30)12-8-17/h2-15,23,30H,16H2,1H3/b24-15-. The summed E-state index contributed by atoms with van der Waals surface area (Å²) in [4.78, 5) is 17.5. The first kappa shape index (κ1) is 21.0. The molecule has 0 saturated heterocycles. The normalized spacial score (nSPS) is 19.1. The molecule has 0 fully saturated rings. The van der Waals surface area contributed by atoms with Gasteiger partial charge in [-0.05, 0) is 58.8 Å². The molecule has 0 aliphatic carbocycles. The topological polar surface area (TPSA) is 74.5 Å². The van der Waals surface area contributed by atoms with Crippen LogP contribution < -0.4 is 4.74 Å². The van der Waals surface area contributed by atoms with Crippen LogP contribution in [0.4, 0.5) is 0 Å². The number of carbonyl (C=O) groups is 1. The third kappa shape index (κ3) is 4.40. The molecule has 1 amide bonds. The van der Waals surface area contributed by atoms with Crippen molar-refractivity contribution in [2.75, 3.05) is 7.11 Å². The van der Waals surface area contributed by atoms with Gasteiger partial charge in [-0.2, -0.15) is 10.1 Å². The molecule has 2 heterocycles. The van der Waals surface area contributed by atoms with E-state index in [0.29, 0.717) is 16.5 Å². The van der Waals surface area contributed by atoms with Gasteiger partial charge in [-0.15, -0.1) is 0 Å². The van der Waals surface area contributed by atoms with E-state index in [-0.39, 0.29) is 17.7 Å². The van der Waals surface area contributed by atoms with Crippen molar-refractivity contribution >= 4 is 34.6 Å². The molecule has 2 aliphatic rings. The Kier molecular flexibility index (Phi) is 5.71. The van der Waals surface area contributed by atoms with Crippen molar-refractivity contribution in [3.05, 3.63) is 100 Å². The Balaban J connectivity index is 1.47. The molecule has 6 nitrogen and oxygen atoms in total. The lowest BCUT2D eigenvalue weighted by Gasteiger charge is -2.22. The number of hydrogen-bond donors (Lipinski definition) is 1. The first-order valence-electron chi connectivity index (χ1n) is 10.5. The van der Waals surface area contributed by atoms with Crippen molar-refractivity contribution < 1.29 is 14.6 Å². The fourth-order valence-corrected chi connectivity index (χ4v) is 4.71. The number of amides is 1. The van der Waals surface area contributed by atoms with Gasteiger partial charge >= 0.3 is 0 Å². The van der Waals surface area contributed by atoms with Crippen LogP contribution in [0.15, 0.2) is 93.9 Å². The SMILES string of the molecule is COc1ccc(C2CC(c3ccccc3)=NN2C2=NC(=O)/C(=C/c3ccc(O)cc3)S2)cc1. The predicted octanol–water partition coefficient (Wildman–Crippen LogP) is 5.22. The van der Waals surface area contributed by atoms with E-state index < -0.39 is 0 Å². The zero-order valence-electron chi connectivity index (χ0n) is 17.9. The molecule has 164 valence electrons. The van der Waals surface area contributed by atoms with Gasteiger partial charge in [0.15, 0.2) is 5.17 Å². The fraction of sp³-hybridized carbons (Fsp3) is 0.115. The van der Waals surface area contributed by atoms with Crippen LogP contribution in [0, 0.1) is 0 Å². The van der Waals surface area contributed by atoms with Crippen LogP contribution >= 0.6 is 11.8 Å². The smallest absolute Gasteiger partial charge is 0.286 e. The Morgan fingerprint density at radius 3 is 2.45 bits per heavy atom. The van der Waals surface area contributed by atoms with Crippen LogP contribution in [0.1, 0.15) is 29.2 Å². The predicted molar refractivity (Wildman–Crippen MR) is 131 cm³/mol. The highest BCUT2D eigenvalue weighted by Gasteiger charge is 2.36. The molecule has 2 aliphatic heterocycles. The van der Waals surface area contributed by atoms with E-state index in [1.165, 1.54) is 11.8 Å². The Bertz CT molecular complexity index is 1270. The lowest BCUT2D eigenvalue weighted by atomic mass is 9.98. The minimum atomic E-state index is -0.292. The number of benzene rings is 3. The molecule has 0 spiro atoms. The quantitative estimate of drug-likeness (QED) is 0.546. The van der Waals surface area contributed by atoms with Crippen LogP contribution in [0.2, 0.25) is 0 Å². The lowest BCUT2D eigenvalue weighted by Crippen LogP contribution is -2.23. The average Bonchev–Trinajstić information content (AvgIpc) is 3.45. The lowest BCUT2D eigenvalue weighted by molar-refractivity contribution is -0.113. The molecule has 0 radical (unpaired) electrons. The van der Waals surface area contributed by atoms with Crippen molar-refractivity contribution in [2.45, 2.75) is 12.5 Å². The van der Waals surface area contributed by atoms with Gasteiger partial charge in [0.25, 0.3) is 5.91 Å². The van der Waals surface area contributed by atoms with Gasteiger partial charge in [0, 0.05) is 6.42 Å². The highest BCUT2D eigenvalue weighted by Crippen LogP contribution is 2.40. The highest BCUT2D eigenvalue weighted by atomic mass is 32.2. The number of nitrogens with zero attached hydrogens (tertiary/aromatic N) is 3. The molecular formula is C26H21N3O3S. The van der Waals surface area contributed by atoms with E-state index in [4.69, 9.17) is 9.84 Å². The number of methoxy groups -OCH3 is 1. The summed E-state index contributed by atoms with van der Waals surface area (Å²) < 4.78 is 5.30. The molecule has 7 heteroatoms. The molecule has 3 aromatic rings. The number of phenolic OH excluding ortho intramolecular Hbond substituents is 1. The number of ether oxygens (including phenoxy) is 1. The highest BCUT2D eigenvalue weighted by molar-refractivity contribution is 8.18. The second-order valence-electron chi connectivity index (χ2n) is 7.65. The maximum atomic E-state index is 12.7. The summed E-state index contributed by atoms with van der Waals surface area (Å²) in [7, 11) is 1.64. The molecule has 1 atom stereocenters. The number of aliphatic imine (C=N–C) groups is 1. The van der Waals surface area contributed by atoms with Crippen LogP contribution in [-0.2, 0) is 4.79 Å². The van der Waals surface area contributed by atoms with Crippen molar-refractivity contribution in [2.24, 2.45) is 10.1 Å². The summed E-state index contributed by atoms with van der Waals surface area (Å²) in [6.45, 7) is 0. The Morgan fingerprint density at radius 2 is 1.76 bits per heavy atom. The molecule has 0 saturated carbocycles. The van der Waals surface area contributed by atoms with E-state index in [1.807, 2.05) is 59.6 Å². The van der Waals surface area contributed by atoms with Crippen molar-refractivity contribution in [3.63, 3.8) is 0 Å². The number of phenols is 1. The summed E-state index contributed by atoms with van der Waals surface area (Å²) >= 11 is 1.31.